The third-order valence-corrected chi connectivity index (χ3v) is 9.66. The summed E-state index contributed by atoms with van der Waals surface area (Å²) in [7, 11) is 8.25. The summed E-state index contributed by atoms with van der Waals surface area (Å²) in [6.45, 7) is 18.7. The second-order valence-corrected chi connectivity index (χ2v) is 14.4. The summed E-state index contributed by atoms with van der Waals surface area (Å²) in [6.07, 6.45) is 4.70. The van der Waals surface area contributed by atoms with Crippen LogP contribution in [0.2, 0.25) is 0 Å². The number of benzene rings is 2. The molecule has 2 aromatic carbocycles. The van der Waals surface area contributed by atoms with Gasteiger partial charge in [0.05, 0.1) is 8.10 Å². The van der Waals surface area contributed by atoms with E-state index in [1.54, 1.807) is 0 Å². The van der Waals surface area contributed by atoms with Crippen molar-refractivity contribution in [3.8, 4) is 0 Å². The summed E-state index contributed by atoms with van der Waals surface area (Å²) in [4.78, 5) is 5.19. The lowest BCUT2D eigenvalue weighted by Gasteiger charge is -2.43. The first-order chi connectivity index (χ1) is 16.9. The summed E-state index contributed by atoms with van der Waals surface area (Å²) in [5, 5.41) is 0. The number of rotatable bonds is 9. The lowest BCUT2D eigenvalue weighted by atomic mass is 9.87. The lowest BCUT2D eigenvalue weighted by Crippen LogP contribution is -2.49. The summed E-state index contributed by atoms with van der Waals surface area (Å²) >= 11 is 0. The van der Waals surface area contributed by atoms with Crippen molar-refractivity contribution in [3.05, 3.63) is 71.1 Å². The first kappa shape index (κ1) is 28.8. The molecular weight excluding hydrogens is 458 g/mol. The fraction of sp³-hybridized carbons (Fsp3) is 0.533. The van der Waals surface area contributed by atoms with E-state index in [0.29, 0.717) is 23.7 Å². The van der Waals surface area contributed by atoms with Gasteiger partial charge < -0.3 is 9.62 Å². The first-order valence-electron chi connectivity index (χ1n) is 13.5. The Morgan fingerprint density at radius 2 is 0.833 bits per heavy atom. The van der Waals surface area contributed by atoms with Crippen LogP contribution >= 0.6 is 8.10 Å². The van der Waals surface area contributed by atoms with Crippen LogP contribution in [0.1, 0.15) is 101 Å². The van der Waals surface area contributed by atoms with Gasteiger partial charge in [0.25, 0.3) is 0 Å². The normalized spacial score (nSPS) is 14.5. The maximum absolute atomic E-state index is 2.59. The van der Waals surface area contributed by atoms with Gasteiger partial charge in [-0.2, -0.15) is 0 Å². The molecule has 1 aliphatic rings. The van der Waals surface area contributed by atoms with E-state index < -0.39 is 8.10 Å². The third-order valence-electron chi connectivity index (χ3n) is 7.11. The minimum atomic E-state index is -0.676. The van der Waals surface area contributed by atoms with Crippen molar-refractivity contribution in [2.24, 2.45) is 0 Å². The van der Waals surface area contributed by atoms with Crippen LogP contribution in [0.5, 0.6) is 0 Å². The van der Waals surface area contributed by atoms with E-state index >= 15 is 0 Å². The molecular formula is C30H48BN4P. The number of para-hydroxylation sites is 2. The van der Waals surface area contributed by atoms with Gasteiger partial charge in [0.1, 0.15) is 0 Å². The van der Waals surface area contributed by atoms with E-state index in [1.807, 2.05) is 0 Å². The predicted octanol–water partition coefficient (Wildman–Crippen LogP) is 8.40. The molecule has 0 unspecified atom stereocenters. The zero-order valence-electron chi connectivity index (χ0n) is 24.7. The average molecular weight is 507 g/mol. The Hall–Kier alpha value is -1.81. The van der Waals surface area contributed by atoms with Crippen molar-refractivity contribution < 1.29 is 0 Å². The maximum Gasteiger partial charge on any atom is 0.445 e. The molecule has 0 fully saturated rings. The Bertz CT molecular complexity index is 927. The van der Waals surface area contributed by atoms with Gasteiger partial charge in [-0.25, -0.2) is 0 Å². The average Bonchev–Trinajstić information content (AvgIpc) is 3.20. The smallest absolute Gasteiger partial charge is 0.364 e. The van der Waals surface area contributed by atoms with Gasteiger partial charge in [0.2, 0.25) is 0 Å². The van der Waals surface area contributed by atoms with Gasteiger partial charge in [-0.05, 0) is 74.1 Å². The van der Waals surface area contributed by atoms with Crippen molar-refractivity contribution in [1.82, 2.24) is 9.34 Å². The zero-order chi connectivity index (χ0) is 26.9. The highest BCUT2D eigenvalue weighted by Crippen LogP contribution is 2.53. The molecule has 0 aliphatic carbocycles. The Morgan fingerprint density at radius 3 is 1.06 bits per heavy atom. The molecule has 0 aromatic heterocycles. The quantitative estimate of drug-likeness (QED) is 0.250. The van der Waals surface area contributed by atoms with Crippen LogP contribution in [0.15, 0.2) is 48.8 Å². The summed E-state index contributed by atoms with van der Waals surface area (Å²) in [5.41, 5.74) is 8.46. The van der Waals surface area contributed by atoms with Crippen LogP contribution in [0.4, 0.5) is 11.4 Å². The molecule has 0 bridgehead atoms. The minimum absolute atomic E-state index is 0.153. The standard InChI is InChI=1S/C30H48BN4P/c1-21(2)25-15-13-16-26(22(3)4)29(25)34-19-20-35(31(34)36(32(9)10)33(11)12)30-27(23(5)6)17-14-18-28(30)24(7)8/h13-24H,1-12H3. The molecule has 36 heavy (non-hydrogen) atoms. The third kappa shape index (κ3) is 5.54. The van der Waals surface area contributed by atoms with Gasteiger partial charge in [-0.3, -0.25) is 9.34 Å². The van der Waals surface area contributed by atoms with Crippen molar-refractivity contribution in [3.63, 3.8) is 0 Å². The number of hydrogen-bond acceptors (Lipinski definition) is 4. The van der Waals surface area contributed by atoms with Gasteiger partial charge in [-0.15, -0.1) is 0 Å². The van der Waals surface area contributed by atoms with E-state index in [1.165, 1.54) is 33.6 Å². The highest BCUT2D eigenvalue weighted by Gasteiger charge is 2.46. The van der Waals surface area contributed by atoms with Gasteiger partial charge in [-0.1, -0.05) is 91.8 Å². The van der Waals surface area contributed by atoms with E-state index in [-0.39, 0.29) is 6.70 Å². The van der Waals surface area contributed by atoms with Crippen LogP contribution in [-0.2, 0) is 0 Å². The number of hydrogen-bond donors (Lipinski definition) is 0. The fourth-order valence-electron chi connectivity index (χ4n) is 5.42. The molecule has 0 saturated heterocycles. The summed E-state index contributed by atoms with van der Waals surface area (Å²) in [5.74, 6) is 1.78. The maximum atomic E-state index is 2.59. The molecule has 0 N–H and O–H groups in total. The van der Waals surface area contributed by atoms with Gasteiger partial charge >= 0.3 is 6.70 Å². The molecule has 196 valence electrons. The van der Waals surface area contributed by atoms with Crippen molar-refractivity contribution >= 4 is 26.2 Å². The van der Waals surface area contributed by atoms with Crippen LogP contribution in [-0.4, -0.2) is 44.2 Å². The second-order valence-electron chi connectivity index (χ2n) is 11.7. The first-order valence-corrected chi connectivity index (χ1v) is 14.8. The Balaban J connectivity index is 2.34. The Morgan fingerprint density at radius 1 is 0.556 bits per heavy atom. The van der Waals surface area contributed by atoms with Crippen LogP contribution < -0.4 is 9.62 Å². The molecule has 1 heterocycles. The fourth-order valence-corrected chi connectivity index (χ4v) is 7.80. The van der Waals surface area contributed by atoms with Gasteiger partial charge in [0.15, 0.2) is 0 Å². The second kappa shape index (κ2) is 11.7. The summed E-state index contributed by atoms with van der Waals surface area (Å²) in [6, 6.07) is 13.8. The van der Waals surface area contributed by atoms with E-state index in [0.717, 1.165) is 0 Å². The topological polar surface area (TPSA) is 13.0 Å². The SMILES string of the molecule is CC(C)c1cccc(C(C)C)c1N1C=CN(c2c(C(C)C)cccc2C(C)C)B1P(N(C)C)N(C)C. The van der Waals surface area contributed by atoms with E-state index in [9.17, 15) is 0 Å². The van der Waals surface area contributed by atoms with Crippen LogP contribution in [0, 0.1) is 0 Å². The van der Waals surface area contributed by atoms with Crippen molar-refractivity contribution in [1.29, 1.82) is 0 Å². The minimum Gasteiger partial charge on any atom is -0.364 e. The molecule has 0 amide bonds. The summed E-state index contributed by atoms with van der Waals surface area (Å²) < 4.78 is 4.85. The molecule has 0 saturated carbocycles. The molecule has 6 heteroatoms. The Labute approximate surface area is 223 Å². The van der Waals surface area contributed by atoms with Crippen LogP contribution in [0.25, 0.3) is 0 Å². The predicted molar refractivity (Wildman–Crippen MR) is 163 cm³/mol. The Kier molecular flexibility index (Phi) is 9.36. The van der Waals surface area contributed by atoms with Crippen molar-refractivity contribution in [2.45, 2.75) is 79.1 Å². The molecule has 0 spiro atoms. The molecule has 4 nitrogen and oxygen atoms in total. The number of nitrogens with zero attached hydrogens (tertiary/aromatic N) is 4. The van der Waals surface area contributed by atoms with Crippen LogP contribution in [0.3, 0.4) is 0 Å². The van der Waals surface area contributed by atoms with E-state index in [4.69, 9.17) is 0 Å². The highest BCUT2D eigenvalue weighted by molar-refractivity contribution is 7.87. The number of anilines is 2. The molecule has 0 radical (unpaired) electrons. The molecule has 1 aliphatic heterocycles. The van der Waals surface area contributed by atoms with Crippen molar-refractivity contribution in [2.75, 3.05) is 37.8 Å². The zero-order valence-corrected chi connectivity index (χ0v) is 25.6. The monoisotopic (exact) mass is 506 g/mol. The highest BCUT2D eigenvalue weighted by atomic mass is 31.1. The molecule has 0 atom stereocenters. The molecule has 2 aromatic rings. The van der Waals surface area contributed by atoms with Gasteiger partial charge in [0, 0.05) is 23.8 Å². The lowest BCUT2D eigenvalue weighted by molar-refractivity contribution is 0.587. The molecule has 3 rings (SSSR count). The largest absolute Gasteiger partial charge is 0.445 e. The van der Waals surface area contributed by atoms with E-state index in [2.05, 4.69) is 151 Å².